The van der Waals surface area contributed by atoms with Crippen LogP contribution in [-0.2, 0) is 24.0 Å². The fraction of sp³-hybridized carbons (Fsp3) is 0.722. The zero-order valence-corrected chi connectivity index (χ0v) is 18.0. The second kappa shape index (κ2) is 13.1. The van der Waals surface area contributed by atoms with Crippen LogP contribution in [0.4, 0.5) is 0 Å². The van der Waals surface area contributed by atoms with Crippen molar-refractivity contribution in [3.8, 4) is 0 Å². The summed E-state index contributed by atoms with van der Waals surface area (Å²) < 4.78 is 0. The minimum absolute atomic E-state index is 0.152. The molecule has 4 amide bonds. The number of nitrogens with two attached hydrogens (primary N) is 1. The lowest BCUT2D eigenvalue weighted by Gasteiger charge is -2.23. The number of carboxylic acid groups (broad SMARTS) is 1. The lowest BCUT2D eigenvalue weighted by atomic mass is 10.1. The van der Waals surface area contributed by atoms with Gasteiger partial charge in [0.2, 0.25) is 23.6 Å². The van der Waals surface area contributed by atoms with E-state index in [9.17, 15) is 29.1 Å². The molecule has 0 aliphatic carbocycles. The van der Waals surface area contributed by atoms with Crippen molar-refractivity contribution in [3.63, 3.8) is 0 Å². The van der Waals surface area contributed by atoms with Gasteiger partial charge in [-0.2, -0.15) is 11.8 Å². The molecule has 0 aromatic heterocycles. The molecular weight excluding hydrogens is 414 g/mol. The molecule has 1 aliphatic heterocycles. The lowest BCUT2D eigenvalue weighted by molar-refractivity contribution is -0.142. The highest BCUT2D eigenvalue weighted by Crippen LogP contribution is 2.06. The molecule has 0 aromatic carbocycles. The Morgan fingerprint density at radius 2 is 1.77 bits per heavy atom. The van der Waals surface area contributed by atoms with E-state index in [1.54, 1.807) is 0 Å². The van der Waals surface area contributed by atoms with E-state index in [2.05, 4.69) is 21.3 Å². The number of thioether (sulfide) groups is 1. The number of hydrogen-bond acceptors (Lipinski definition) is 7. The maximum Gasteiger partial charge on any atom is 0.326 e. The molecule has 0 saturated carbocycles. The molecule has 0 spiro atoms. The van der Waals surface area contributed by atoms with E-state index < -0.39 is 41.8 Å². The third-order valence-corrected chi connectivity index (χ3v) is 5.31. The third kappa shape index (κ3) is 8.99. The molecular formula is C18H31N5O6S. The summed E-state index contributed by atoms with van der Waals surface area (Å²) in [4.78, 5) is 59.5. The van der Waals surface area contributed by atoms with Gasteiger partial charge < -0.3 is 32.1 Å². The summed E-state index contributed by atoms with van der Waals surface area (Å²) in [5.41, 5.74) is 5.04. The van der Waals surface area contributed by atoms with E-state index >= 15 is 0 Å². The van der Waals surface area contributed by atoms with Crippen LogP contribution in [0.3, 0.4) is 0 Å². The van der Waals surface area contributed by atoms with Gasteiger partial charge in [0.05, 0.1) is 6.04 Å². The van der Waals surface area contributed by atoms with Gasteiger partial charge in [-0.05, 0) is 51.2 Å². The quantitative estimate of drug-likeness (QED) is 0.194. The van der Waals surface area contributed by atoms with Gasteiger partial charge in [-0.25, -0.2) is 4.79 Å². The number of amides is 4. The number of carbonyl (C=O) groups is 5. The average Bonchev–Trinajstić information content (AvgIpc) is 3.22. The van der Waals surface area contributed by atoms with Crippen LogP contribution in [0.1, 0.15) is 39.0 Å². The number of primary amides is 1. The summed E-state index contributed by atoms with van der Waals surface area (Å²) in [5.74, 6) is -2.94. The van der Waals surface area contributed by atoms with Crippen LogP contribution in [0.5, 0.6) is 0 Å². The Bertz CT molecular complexity index is 641. The number of aliphatic carboxylic acids is 1. The molecule has 12 heteroatoms. The molecule has 7 N–H and O–H groups in total. The predicted octanol–water partition coefficient (Wildman–Crippen LogP) is -1.68. The maximum absolute atomic E-state index is 12.6. The molecule has 4 atom stereocenters. The van der Waals surface area contributed by atoms with Crippen LogP contribution < -0.4 is 27.0 Å². The van der Waals surface area contributed by atoms with Gasteiger partial charge in [0.15, 0.2) is 0 Å². The molecule has 4 unspecified atom stereocenters. The Morgan fingerprint density at radius 1 is 1.10 bits per heavy atom. The predicted molar refractivity (Wildman–Crippen MR) is 112 cm³/mol. The minimum atomic E-state index is -1.30. The van der Waals surface area contributed by atoms with Gasteiger partial charge in [-0.1, -0.05) is 0 Å². The van der Waals surface area contributed by atoms with Crippen LogP contribution in [0.15, 0.2) is 0 Å². The van der Waals surface area contributed by atoms with Crippen LogP contribution in [0.2, 0.25) is 0 Å². The van der Waals surface area contributed by atoms with Crippen LogP contribution >= 0.6 is 11.8 Å². The van der Waals surface area contributed by atoms with E-state index in [-0.39, 0.29) is 31.2 Å². The average molecular weight is 446 g/mol. The van der Waals surface area contributed by atoms with Crippen LogP contribution in [0.25, 0.3) is 0 Å². The first kappa shape index (κ1) is 25.7. The molecule has 11 nitrogen and oxygen atoms in total. The SMILES string of the molecule is CSCCC(NC(=O)C(C)NC(=O)C1CCCN1)C(=O)NC(CCC(N)=O)C(=O)O. The van der Waals surface area contributed by atoms with Gasteiger partial charge in [0.25, 0.3) is 0 Å². The highest BCUT2D eigenvalue weighted by molar-refractivity contribution is 7.98. The van der Waals surface area contributed by atoms with E-state index in [1.165, 1.54) is 18.7 Å². The van der Waals surface area contributed by atoms with Crippen molar-refractivity contribution in [2.24, 2.45) is 5.73 Å². The van der Waals surface area contributed by atoms with Crippen molar-refractivity contribution >= 4 is 41.4 Å². The van der Waals surface area contributed by atoms with E-state index in [4.69, 9.17) is 5.73 Å². The normalized spacial score (nSPS) is 18.7. The Hall–Kier alpha value is -2.34. The molecule has 1 saturated heterocycles. The molecule has 1 aliphatic rings. The number of carbonyl (C=O) groups excluding carboxylic acids is 4. The lowest BCUT2D eigenvalue weighted by Crippen LogP contribution is -2.56. The van der Waals surface area contributed by atoms with Gasteiger partial charge in [0.1, 0.15) is 18.1 Å². The van der Waals surface area contributed by atoms with Crippen LogP contribution in [0, 0.1) is 0 Å². The van der Waals surface area contributed by atoms with Crippen LogP contribution in [-0.4, -0.2) is 77.4 Å². The fourth-order valence-corrected chi connectivity index (χ4v) is 3.38. The number of hydrogen-bond donors (Lipinski definition) is 6. The molecule has 1 heterocycles. The number of nitrogens with one attached hydrogen (secondary N) is 4. The summed E-state index contributed by atoms with van der Waals surface area (Å²) in [6, 6.07) is -3.49. The number of rotatable bonds is 13. The van der Waals surface area contributed by atoms with Crippen molar-refractivity contribution in [1.82, 2.24) is 21.3 Å². The molecule has 170 valence electrons. The fourth-order valence-electron chi connectivity index (χ4n) is 2.91. The van der Waals surface area contributed by atoms with E-state index in [0.717, 1.165) is 13.0 Å². The highest BCUT2D eigenvalue weighted by atomic mass is 32.2. The summed E-state index contributed by atoms with van der Waals surface area (Å²) in [6.45, 7) is 2.26. The topological polar surface area (TPSA) is 180 Å². The summed E-state index contributed by atoms with van der Waals surface area (Å²) in [7, 11) is 0. The first-order chi connectivity index (χ1) is 14.1. The Balaban J connectivity index is 2.69. The minimum Gasteiger partial charge on any atom is -0.480 e. The summed E-state index contributed by atoms with van der Waals surface area (Å²) >= 11 is 1.46. The van der Waals surface area contributed by atoms with Crippen molar-refractivity contribution < 1.29 is 29.1 Å². The Morgan fingerprint density at radius 3 is 2.30 bits per heavy atom. The van der Waals surface area contributed by atoms with Gasteiger partial charge in [-0.15, -0.1) is 0 Å². The monoisotopic (exact) mass is 445 g/mol. The van der Waals surface area contributed by atoms with Crippen molar-refractivity contribution in [2.75, 3.05) is 18.6 Å². The second-order valence-corrected chi connectivity index (χ2v) is 8.11. The smallest absolute Gasteiger partial charge is 0.326 e. The zero-order valence-electron chi connectivity index (χ0n) is 17.2. The van der Waals surface area contributed by atoms with Gasteiger partial charge >= 0.3 is 5.97 Å². The Labute approximate surface area is 179 Å². The van der Waals surface area contributed by atoms with Gasteiger partial charge in [-0.3, -0.25) is 19.2 Å². The van der Waals surface area contributed by atoms with Crippen molar-refractivity contribution in [2.45, 2.75) is 63.2 Å². The molecule has 1 rings (SSSR count). The standard InChI is InChI=1S/C18H31N5O6S/c1-10(21-16(26)11-4-3-8-20-11)15(25)22-12(7-9-30-2)17(27)23-13(18(28)29)5-6-14(19)24/h10-13,20H,3-9H2,1-2H3,(H2,19,24)(H,21,26)(H,22,25)(H,23,27)(H,28,29). The highest BCUT2D eigenvalue weighted by Gasteiger charge is 2.29. The first-order valence-electron chi connectivity index (χ1n) is 9.80. The molecule has 1 fully saturated rings. The van der Waals surface area contributed by atoms with Crippen molar-refractivity contribution in [1.29, 1.82) is 0 Å². The third-order valence-electron chi connectivity index (χ3n) is 4.67. The Kier molecular flexibility index (Phi) is 11.2. The molecule has 30 heavy (non-hydrogen) atoms. The van der Waals surface area contributed by atoms with Crippen molar-refractivity contribution in [3.05, 3.63) is 0 Å². The largest absolute Gasteiger partial charge is 0.480 e. The maximum atomic E-state index is 12.6. The summed E-state index contributed by atoms with van der Waals surface area (Å²) in [5, 5.41) is 19.8. The van der Waals surface area contributed by atoms with E-state index in [1.807, 2.05) is 6.26 Å². The second-order valence-electron chi connectivity index (χ2n) is 7.13. The molecule has 0 radical (unpaired) electrons. The zero-order chi connectivity index (χ0) is 22.7. The first-order valence-corrected chi connectivity index (χ1v) is 11.2. The summed E-state index contributed by atoms with van der Waals surface area (Å²) in [6.07, 6.45) is 3.33. The molecule has 0 bridgehead atoms. The van der Waals surface area contributed by atoms with Gasteiger partial charge in [0, 0.05) is 6.42 Å². The number of carboxylic acids is 1. The van der Waals surface area contributed by atoms with E-state index in [0.29, 0.717) is 12.2 Å². The molecule has 0 aromatic rings.